The molecular weight excluding hydrogens is 452 g/mol. The van der Waals surface area contributed by atoms with Gasteiger partial charge in [-0.25, -0.2) is 9.97 Å². The van der Waals surface area contributed by atoms with Gasteiger partial charge in [0.25, 0.3) is 5.91 Å². The summed E-state index contributed by atoms with van der Waals surface area (Å²) in [7, 11) is 0. The monoisotopic (exact) mass is 488 g/mol. The average molecular weight is 489 g/mol. The number of hydrogen-bond donors (Lipinski definition) is 2. The van der Waals surface area contributed by atoms with Crippen molar-refractivity contribution in [2.24, 2.45) is 0 Å². The van der Waals surface area contributed by atoms with Gasteiger partial charge >= 0.3 is 0 Å². The maximum Gasteiger partial charge on any atom is 0.268 e. The molecule has 3 aliphatic rings. The Morgan fingerprint density at radius 1 is 1.08 bits per heavy atom. The number of rotatable bonds is 4. The van der Waals surface area contributed by atoms with E-state index in [4.69, 9.17) is 4.98 Å². The lowest BCUT2D eigenvalue weighted by atomic mass is 9.80. The van der Waals surface area contributed by atoms with Crippen LogP contribution in [-0.2, 0) is 5.54 Å². The Labute approximate surface area is 212 Å². The van der Waals surface area contributed by atoms with Crippen LogP contribution >= 0.6 is 0 Å². The molecule has 9 heteroatoms. The number of amides is 1. The minimum absolute atomic E-state index is 0.0284. The molecule has 190 valence electrons. The first-order chi connectivity index (χ1) is 17.5. The predicted octanol–water partition coefficient (Wildman–Crippen LogP) is 3.89. The zero-order valence-electron chi connectivity index (χ0n) is 21.5. The number of carbonyl (C=O) groups is 1. The van der Waals surface area contributed by atoms with E-state index in [1.54, 1.807) is 0 Å². The number of aromatic nitrogens is 4. The number of fused-ring (bicyclic) bond motifs is 4. The van der Waals surface area contributed by atoms with Crippen molar-refractivity contribution in [3.63, 3.8) is 0 Å². The van der Waals surface area contributed by atoms with Gasteiger partial charge in [-0.05, 0) is 51.4 Å². The van der Waals surface area contributed by atoms with Gasteiger partial charge < -0.3 is 20.1 Å². The van der Waals surface area contributed by atoms with Gasteiger partial charge in [0.2, 0.25) is 5.95 Å². The normalized spacial score (nSPS) is 24.1. The third kappa shape index (κ3) is 3.89. The number of pyridine rings is 1. The lowest BCUT2D eigenvalue weighted by molar-refractivity contribution is 0.0833. The van der Waals surface area contributed by atoms with E-state index in [-0.39, 0.29) is 11.4 Å². The van der Waals surface area contributed by atoms with Gasteiger partial charge in [0.05, 0.1) is 17.4 Å². The van der Waals surface area contributed by atoms with Gasteiger partial charge in [0.15, 0.2) is 0 Å². The summed E-state index contributed by atoms with van der Waals surface area (Å²) in [5.41, 5.74) is 2.56. The maximum absolute atomic E-state index is 12.7. The molecule has 3 aromatic heterocycles. The molecule has 6 rings (SSSR count). The smallest absolute Gasteiger partial charge is 0.268 e. The van der Waals surface area contributed by atoms with E-state index in [0.29, 0.717) is 36.1 Å². The summed E-state index contributed by atoms with van der Waals surface area (Å²) in [6, 6.07) is 7.07. The first-order valence-electron chi connectivity index (χ1n) is 13.4. The Morgan fingerprint density at radius 3 is 2.56 bits per heavy atom. The van der Waals surface area contributed by atoms with Crippen LogP contribution in [0, 0.1) is 0 Å². The lowest BCUT2D eigenvalue weighted by Crippen LogP contribution is -2.56. The van der Waals surface area contributed by atoms with Gasteiger partial charge in [0.1, 0.15) is 17.2 Å². The van der Waals surface area contributed by atoms with Crippen molar-refractivity contribution in [1.82, 2.24) is 29.7 Å². The van der Waals surface area contributed by atoms with Crippen LogP contribution in [0.2, 0.25) is 0 Å². The van der Waals surface area contributed by atoms with E-state index in [1.165, 1.54) is 19.3 Å². The summed E-state index contributed by atoms with van der Waals surface area (Å²) in [6.07, 6.45) is 9.46. The number of carbonyl (C=O) groups excluding carboxylic acids is 1. The second-order valence-corrected chi connectivity index (χ2v) is 10.8. The van der Waals surface area contributed by atoms with E-state index in [0.717, 1.165) is 49.2 Å². The van der Waals surface area contributed by atoms with Crippen LogP contribution in [0.5, 0.6) is 0 Å². The molecule has 2 N–H and O–H groups in total. The number of likely N-dealkylation sites (N-methyl/N-ethyl adjacent to an activating group) is 1. The van der Waals surface area contributed by atoms with Crippen molar-refractivity contribution in [1.29, 1.82) is 0 Å². The van der Waals surface area contributed by atoms with E-state index in [2.05, 4.69) is 61.8 Å². The highest BCUT2D eigenvalue weighted by Crippen LogP contribution is 2.40. The largest absolute Gasteiger partial charge is 0.367 e. The van der Waals surface area contributed by atoms with Crippen LogP contribution in [0.15, 0.2) is 30.6 Å². The molecule has 9 nitrogen and oxygen atoms in total. The molecule has 1 saturated carbocycles. The van der Waals surface area contributed by atoms with Crippen LogP contribution in [-0.4, -0.2) is 68.6 Å². The molecule has 0 radical (unpaired) electrons. The molecule has 2 fully saturated rings. The minimum Gasteiger partial charge on any atom is -0.367 e. The van der Waals surface area contributed by atoms with Crippen molar-refractivity contribution in [3.8, 4) is 0 Å². The van der Waals surface area contributed by atoms with E-state index >= 15 is 0 Å². The standard InChI is InChI=1S/C27H36N8O/c1-4-34-18(2)15-33(16-19(34)3)21-8-9-23(28-14-21)31-26-29-13-20-12-22-25(36)30-17-27(10-6-5-7-11-27)35(22)24(20)32-26/h8-9,12-14,18-19H,4-7,10-11,15-17H2,1-3H3,(H,30,36)(H,28,29,31,32). The van der Waals surface area contributed by atoms with Crippen molar-refractivity contribution in [2.45, 2.75) is 70.5 Å². The van der Waals surface area contributed by atoms with Crippen molar-refractivity contribution in [3.05, 3.63) is 36.3 Å². The van der Waals surface area contributed by atoms with Gasteiger partial charge in [-0.15, -0.1) is 0 Å². The molecule has 1 saturated heterocycles. The summed E-state index contributed by atoms with van der Waals surface area (Å²) in [6.45, 7) is 10.6. The molecule has 0 bridgehead atoms. The molecule has 1 aliphatic carbocycles. The Bertz CT molecular complexity index is 1250. The van der Waals surface area contributed by atoms with Crippen molar-refractivity contribution in [2.75, 3.05) is 36.4 Å². The lowest BCUT2D eigenvalue weighted by Gasteiger charge is -2.44. The van der Waals surface area contributed by atoms with E-state index in [9.17, 15) is 4.79 Å². The first kappa shape index (κ1) is 23.2. The minimum atomic E-state index is -0.0924. The first-order valence-corrected chi connectivity index (χ1v) is 13.4. The predicted molar refractivity (Wildman–Crippen MR) is 142 cm³/mol. The summed E-state index contributed by atoms with van der Waals surface area (Å²) in [5, 5.41) is 7.30. The summed E-state index contributed by atoms with van der Waals surface area (Å²) < 4.78 is 2.20. The second-order valence-electron chi connectivity index (χ2n) is 10.8. The number of hydrogen-bond acceptors (Lipinski definition) is 7. The summed E-state index contributed by atoms with van der Waals surface area (Å²) in [5.74, 6) is 1.18. The second kappa shape index (κ2) is 9.03. The van der Waals surface area contributed by atoms with Gasteiger partial charge in [-0.3, -0.25) is 9.69 Å². The number of piperazine rings is 1. The van der Waals surface area contributed by atoms with Crippen LogP contribution < -0.4 is 15.5 Å². The van der Waals surface area contributed by atoms with E-state index < -0.39 is 0 Å². The zero-order chi connectivity index (χ0) is 24.9. The summed E-state index contributed by atoms with van der Waals surface area (Å²) in [4.78, 5) is 31.7. The van der Waals surface area contributed by atoms with Gasteiger partial charge in [-0.2, -0.15) is 4.98 Å². The highest BCUT2D eigenvalue weighted by Gasteiger charge is 2.41. The van der Waals surface area contributed by atoms with Crippen LogP contribution in [0.1, 0.15) is 63.4 Å². The van der Waals surface area contributed by atoms with Crippen molar-refractivity contribution >= 4 is 34.4 Å². The fraction of sp³-hybridized carbons (Fsp3) is 0.556. The molecule has 2 atom stereocenters. The molecule has 1 amide bonds. The Morgan fingerprint density at radius 2 is 1.86 bits per heavy atom. The maximum atomic E-state index is 12.7. The molecule has 2 aliphatic heterocycles. The third-order valence-electron chi connectivity index (χ3n) is 8.43. The molecule has 36 heavy (non-hydrogen) atoms. The SMILES string of the molecule is CCN1C(C)CN(c2ccc(Nc3ncc4cc5n(c4n3)C3(CCCCC3)CNC5=O)nc2)CC1C. The molecule has 3 aromatic rings. The van der Waals surface area contributed by atoms with Crippen molar-refractivity contribution < 1.29 is 4.79 Å². The molecule has 0 aromatic carbocycles. The van der Waals surface area contributed by atoms with E-state index in [1.807, 2.05) is 24.5 Å². The number of nitrogens with zero attached hydrogens (tertiary/aromatic N) is 6. The summed E-state index contributed by atoms with van der Waals surface area (Å²) >= 11 is 0. The highest BCUT2D eigenvalue weighted by atomic mass is 16.2. The third-order valence-corrected chi connectivity index (χ3v) is 8.43. The fourth-order valence-electron chi connectivity index (χ4n) is 6.67. The average Bonchev–Trinajstić information content (AvgIpc) is 3.28. The Hall–Kier alpha value is -3.20. The zero-order valence-corrected chi connectivity index (χ0v) is 21.5. The van der Waals surface area contributed by atoms with Crippen LogP contribution in [0.25, 0.3) is 11.0 Å². The Balaban J connectivity index is 1.25. The van der Waals surface area contributed by atoms with Crippen LogP contribution in [0.4, 0.5) is 17.5 Å². The number of anilines is 3. The topological polar surface area (TPSA) is 91.2 Å². The molecule has 2 unspecified atom stereocenters. The highest BCUT2D eigenvalue weighted by molar-refractivity contribution is 5.99. The van der Waals surface area contributed by atoms with Crippen LogP contribution in [0.3, 0.4) is 0 Å². The molecule has 1 spiro atoms. The van der Waals surface area contributed by atoms with Gasteiger partial charge in [-0.1, -0.05) is 26.2 Å². The van der Waals surface area contributed by atoms with Gasteiger partial charge in [0, 0.05) is 43.3 Å². The molecular formula is C27H36N8O. The molecule has 5 heterocycles. The quantitative estimate of drug-likeness (QED) is 0.576. The number of nitrogens with one attached hydrogen (secondary N) is 2. The Kier molecular flexibility index (Phi) is 5.82. The fourth-order valence-corrected chi connectivity index (χ4v) is 6.67.